The predicted molar refractivity (Wildman–Crippen MR) is 121 cm³/mol. The molecule has 3 aromatic rings. The van der Waals surface area contributed by atoms with Gasteiger partial charge in [0.15, 0.2) is 0 Å². The molecule has 0 bridgehead atoms. The van der Waals surface area contributed by atoms with Crippen LogP contribution in [0.4, 0.5) is 4.39 Å². The van der Waals surface area contributed by atoms with Crippen molar-refractivity contribution in [2.75, 3.05) is 12.3 Å². The van der Waals surface area contributed by atoms with Gasteiger partial charge >= 0.3 is 59.1 Å². The molecule has 2 aromatic carbocycles. The average molecular weight is 515 g/mol. The van der Waals surface area contributed by atoms with E-state index in [9.17, 15) is 28.9 Å². The van der Waals surface area contributed by atoms with Gasteiger partial charge in [-0.2, -0.15) is 0 Å². The SMILES string of the molecule is Cc1nc(-c2ccccc2)c(C)c(-c2ccc(F)cc2)c1CCP(=O)([O-])C[C@H](O)CC(=O)[O-].[Na+].[Na+]. The van der Waals surface area contributed by atoms with E-state index in [1.807, 2.05) is 37.3 Å². The molecular formula is C25H25FNNa2O5P. The third kappa shape index (κ3) is 8.89. The van der Waals surface area contributed by atoms with Gasteiger partial charge in [-0.25, -0.2) is 4.39 Å². The second-order valence-corrected chi connectivity index (χ2v) is 10.5. The van der Waals surface area contributed by atoms with Gasteiger partial charge in [0.25, 0.3) is 0 Å². The number of carbonyl (C=O) groups is 1. The number of aliphatic carboxylic acids is 1. The van der Waals surface area contributed by atoms with Crippen LogP contribution in [-0.4, -0.2) is 34.5 Å². The minimum absolute atomic E-state index is 0. The molecule has 1 unspecified atom stereocenters. The number of nitrogens with zero attached hydrogens (tertiary/aromatic N) is 1. The van der Waals surface area contributed by atoms with Crippen LogP contribution in [0.25, 0.3) is 22.4 Å². The Bertz CT molecular complexity index is 1190. The van der Waals surface area contributed by atoms with Crippen LogP contribution in [0.15, 0.2) is 54.6 Å². The van der Waals surface area contributed by atoms with E-state index in [-0.39, 0.29) is 77.5 Å². The Morgan fingerprint density at radius 3 is 2.23 bits per heavy atom. The molecule has 0 radical (unpaired) electrons. The Balaban J connectivity index is 0.00000306. The summed E-state index contributed by atoms with van der Waals surface area (Å²) in [6.45, 7) is 3.70. The fourth-order valence-electron chi connectivity index (χ4n) is 3.99. The largest absolute Gasteiger partial charge is 1.00 e. The van der Waals surface area contributed by atoms with E-state index in [2.05, 4.69) is 0 Å². The van der Waals surface area contributed by atoms with E-state index in [1.54, 1.807) is 19.1 Å². The summed E-state index contributed by atoms with van der Waals surface area (Å²) in [7, 11) is -4.07. The summed E-state index contributed by atoms with van der Waals surface area (Å²) in [5, 5.41) is 20.4. The van der Waals surface area contributed by atoms with E-state index in [0.29, 0.717) is 11.3 Å². The number of halogens is 1. The van der Waals surface area contributed by atoms with Gasteiger partial charge in [0.2, 0.25) is 0 Å². The Kier molecular flexibility index (Phi) is 13.0. The second kappa shape index (κ2) is 14.2. The summed E-state index contributed by atoms with van der Waals surface area (Å²) in [4.78, 5) is 27.9. The normalized spacial score (nSPS) is 13.2. The number of hydrogen-bond donors (Lipinski definition) is 1. The number of carbonyl (C=O) groups excluding carboxylic acids is 1. The van der Waals surface area contributed by atoms with Gasteiger partial charge in [-0.15, -0.1) is 0 Å². The second-order valence-electron chi connectivity index (χ2n) is 8.10. The number of aliphatic hydroxyl groups is 1. The van der Waals surface area contributed by atoms with Crippen LogP contribution >= 0.6 is 7.37 Å². The molecule has 3 rings (SSSR count). The zero-order valence-electron chi connectivity index (χ0n) is 20.5. The van der Waals surface area contributed by atoms with Crippen LogP contribution in [0.2, 0.25) is 0 Å². The molecule has 2 atom stereocenters. The van der Waals surface area contributed by atoms with Crippen LogP contribution in [0, 0.1) is 19.7 Å². The first-order chi connectivity index (χ1) is 15.6. The maximum atomic E-state index is 13.6. The number of aliphatic hydroxyl groups excluding tert-OH is 1. The zero-order valence-corrected chi connectivity index (χ0v) is 25.3. The summed E-state index contributed by atoms with van der Waals surface area (Å²) < 4.78 is 26.1. The number of pyridine rings is 1. The molecule has 174 valence electrons. The molecule has 0 aliphatic heterocycles. The van der Waals surface area contributed by atoms with Crippen molar-refractivity contribution in [2.24, 2.45) is 0 Å². The summed E-state index contributed by atoms with van der Waals surface area (Å²) in [6, 6.07) is 15.6. The number of carboxylic acid groups (broad SMARTS) is 1. The molecule has 0 saturated carbocycles. The fourth-order valence-corrected chi connectivity index (χ4v) is 5.50. The summed E-state index contributed by atoms with van der Waals surface area (Å²) in [5.41, 5.74) is 5.39. The average Bonchev–Trinajstić information content (AvgIpc) is 2.74. The minimum Gasteiger partial charge on any atom is -0.799 e. The van der Waals surface area contributed by atoms with Gasteiger partial charge in [0, 0.05) is 37.2 Å². The molecule has 1 heterocycles. The van der Waals surface area contributed by atoms with Gasteiger partial charge in [0.1, 0.15) is 5.82 Å². The first-order valence-electron chi connectivity index (χ1n) is 10.6. The van der Waals surface area contributed by atoms with Crippen molar-refractivity contribution in [2.45, 2.75) is 32.8 Å². The number of aryl methyl sites for hydroxylation is 1. The van der Waals surface area contributed by atoms with Gasteiger partial charge in [-0.05, 0) is 60.8 Å². The van der Waals surface area contributed by atoms with Gasteiger partial charge in [-0.3, -0.25) is 4.98 Å². The van der Waals surface area contributed by atoms with Crippen molar-refractivity contribution in [3.8, 4) is 22.4 Å². The van der Waals surface area contributed by atoms with E-state index in [0.717, 1.165) is 27.9 Å². The smallest absolute Gasteiger partial charge is 0.799 e. The van der Waals surface area contributed by atoms with Crippen LogP contribution < -0.4 is 69.1 Å². The predicted octanol–water partition coefficient (Wildman–Crippen LogP) is -3.14. The van der Waals surface area contributed by atoms with Gasteiger partial charge < -0.3 is 24.5 Å². The van der Waals surface area contributed by atoms with Gasteiger partial charge in [-0.1, -0.05) is 42.5 Å². The molecule has 35 heavy (non-hydrogen) atoms. The summed E-state index contributed by atoms with van der Waals surface area (Å²) in [5.74, 6) is -1.88. The molecule has 10 heteroatoms. The Morgan fingerprint density at radius 2 is 1.66 bits per heavy atom. The standard InChI is InChI=1S/C25H27FNO5P.2Na/c1-16-24(18-8-10-20(26)11-9-18)22(12-13-33(31,32)15-21(28)14-23(29)30)17(2)27-25(16)19-6-4-3-5-7-19;;/h3-11,21,28H,12-15H2,1-2H3,(H,29,30)(H,31,32);;/q;2*+1/p-2/t21-;;/m1../s1. The summed E-state index contributed by atoms with van der Waals surface area (Å²) in [6.07, 6.45) is -3.03. The van der Waals surface area contributed by atoms with Gasteiger partial charge in [0.05, 0.1) is 11.8 Å². The van der Waals surface area contributed by atoms with E-state index in [4.69, 9.17) is 4.98 Å². The first-order valence-corrected chi connectivity index (χ1v) is 12.6. The maximum absolute atomic E-state index is 13.6. The quantitative estimate of drug-likeness (QED) is 0.238. The number of carboxylic acids is 1. The molecule has 0 fully saturated rings. The Hall–Kier alpha value is -0.860. The van der Waals surface area contributed by atoms with Crippen LogP contribution in [-0.2, 0) is 15.8 Å². The van der Waals surface area contributed by atoms with Crippen molar-refractivity contribution in [3.05, 3.63) is 77.2 Å². The third-order valence-electron chi connectivity index (χ3n) is 5.52. The van der Waals surface area contributed by atoms with E-state index >= 15 is 0 Å². The zero-order chi connectivity index (χ0) is 24.2. The number of hydrogen-bond acceptors (Lipinski definition) is 6. The monoisotopic (exact) mass is 515 g/mol. The topological polar surface area (TPSA) is 113 Å². The van der Waals surface area contributed by atoms with Crippen LogP contribution in [0.3, 0.4) is 0 Å². The Labute approximate surface area is 249 Å². The molecular weight excluding hydrogens is 490 g/mol. The van der Waals surface area contributed by atoms with Crippen molar-refractivity contribution in [1.82, 2.24) is 4.98 Å². The maximum Gasteiger partial charge on any atom is 1.00 e. The number of rotatable bonds is 9. The van der Waals surface area contributed by atoms with Crippen molar-refractivity contribution in [1.29, 1.82) is 0 Å². The fraction of sp³-hybridized carbons (Fsp3) is 0.280. The first kappa shape index (κ1) is 32.2. The molecule has 0 saturated heterocycles. The van der Waals surface area contributed by atoms with Crippen molar-refractivity contribution in [3.63, 3.8) is 0 Å². The van der Waals surface area contributed by atoms with Crippen molar-refractivity contribution < 1.29 is 88.0 Å². The van der Waals surface area contributed by atoms with E-state index in [1.165, 1.54) is 12.1 Å². The summed E-state index contributed by atoms with van der Waals surface area (Å²) >= 11 is 0. The molecule has 0 aliphatic carbocycles. The van der Waals surface area contributed by atoms with Crippen LogP contribution in [0.5, 0.6) is 0 Å². The molecule has 1 aromatic heterocycles. The molecule has 0 aliphatic rings. The number of aromatic nitrogens is 1. The number of benzene rings is 2. The molecule has 1 N–H and O–H groups in total. The third-order valence-corrected chi connectivity index (χ3v) is 7.40. The molecule has 0 spiro atoms. The van der Waals surface area contributed by atoms with Crippen LogP contribution in [0.1, 0.15) is 23.2 Å². The van der Waals surface area contributed by atoms with E-state index < -0.39 is 32.0 Å². The molecule has 0 amide bonds. The molecule has 6 nitrogen and oxygen atoms in total. The minimum atomic E-state index is -4.07. The Morgan fingerprint density at radius 1 is 1.06 bits per heavy atom. The van der Waals surface area contributed by atoms with Crippen molar-refractivity contribution >= 4 is 13.3 Å².